The van der Waals surface area contributed by atoms with Crippen LogP contribution in [0, 0.1) is 5.92 Å². The molecule has 0 radical (unpaired) electrons. The van der Waals surface area contributed by atoms with E-state index in [1.54, 1.807) is 0 Å². The van der Waals surface area contributed by atoms with E-state index < -0.39 is 0 Å². The summed E-state index contributed by atoms with van der Waals surface area (Å²) >= 11 is 0. The fourth-order valence-electron chi connectivity index (χ4n) is 2.13. The van der Waals surface area contributed by atoms with Crippen molar-refractivity contribution < 1.29 is 4.79 Å². The fourth-order valence-corrected chi connectivity index (χ4v) is 2.13. The normalized spacial score (nSPS) is 13.9. The van der Waals surface area contributed by atoms with Crippen LogP contribution in [0.2, 0.25) is 0 Å². The van der Waals surface area contributed by atoms with Gasteiger partial charge in [-0.2, -0.15) is 0 Å². The average Bonchev–Trinajstić information content (AvgIpc) is 2.46. The maximum absolute atomic E-state index is 12.6. The molecule has 1 aromatic carbocycles. The number of carbonyl (C=O) groups excluding carboxylic acids is 1. The van der Waals surface area contributed by atoms with E-state index in [0.717, 1.165) is 12.8 Å². The van der Waals surface area contributed by atoms with Gasteiger partial charge in [0.25, 0.3) is 0 Å². The molecule has 0 aromatic heterocycles. The molecule has 19 heavy (non-hydrogen) atoms. The van der Waals surface area contributed by atoms with E-state index >= 15 is 0 Å². The Kier molecular flexibility index (Phi) is 6.57. The second-order valence-corrected chi connectivity index (χ2v) is 5.05. The summed E-state index contributed by atoms with van der Waals surface area (Å²) in [5.41, 5.74) is 6.88. The lowest BCUT2D eigenvalue weighted by molar-refractivity contribution is -0.138. The minimum Gasteiger partial charge on any atom is -0.335 e. The van der Waals surface area contributed by atoms with Crippen LogP contribution in [-0.2, 0) is 11.3 Å². The van der Waals surface area contributed by atoms with Crippen molar-refractivity contribution in [3.8, 4) is 0 Å². The van der Waals surface area contributed by atoms with Gasteiger partial charge in [-0.05, 0) is 25.3 Å². The first-order valence-electron chi connectivity index (χ1n) is 7.18. The van der Waals surface area contributed by atoms with E-state index in [4.69, 9.17) is 5.73 Å². The number of hydrogen-bond acceptors (Lipinski definition) is 2. The minimum absolute atomic E-state index is 0.0577. The van der Waals surface area contributed by atoms with E-state index in [-0.39, 0.29) is 17.9 Å². The summed E-state index contributed by atoms with van der Waals surface area (Å²) in [6.45, 7) is 7.33. The smallest absolute Gasteiger partial charge is 0.227 e. The number of carbonyl (C=O) groups is 1. The zero-order valence-corrected chi connectivity index (χ0v) is 12.3. The van der Waals surface area contributed by atoms with Crippen LogP contribution in [0.3, 0.4) is 0 Å². The summed E-state index contributed by atoms with van der Waals surface area (Å²) in [5.74, 6) is 0.126. The van der Waals surface area contributed by atoms with Gasteiger partial charge in [0.2, 0.25) is 5.91 Å². The number of nitrogens with zero attached hydrogens (tertiary/aromatic N) is 1. The Hall–Kier alpha value is -1.35. The molecule has 0 saturated heterocycles. The van der Waals surface area contributed by atoms with E-state index in [0.29, 0.717) is 13.1 Å². The third-order valence-corrected chi connectivity index (χ3v) is 3.73. The highest BCUT2D eigenvalue weighted by Gasteiger charge is 2.25. The molecule has 3 nitrogen and oxygen atoms in total. The highest BCUT2D eigenvalue weighted by molar-refractivity contribution is 5.79. The number of benzene rings is 1. The molecule has 0 aliphatic rings. The lowest BCUT2D eigenvalue weighted by Crippen LogP contribution is -2.43. The molecule has 0 aliphatic carbocycles. The zero-order chi connectivity index (χ0) is 14.3. The Morgan fingerprint density at radius 3 is 2.32 bits per heavy atom. The van der Waals surface area contributed by atoms with Gasteiger partial charge in [-0.15, -0.1) is 0 Å². The molecule has 1 amide bonds. The first kappa shape index (κ1) is 15.7. The summed E-state index contributed by atoms with van der Waals surface area (Å²) in [7, 11) is 0. The number of hydrogen-bond donors (Lipinski definition) is 1. The molecule has 0 heterocycles. The molecule has 0 saturated carbocycles. The van der Waals surface area contributed by atoms with Crippen LogP contribution in [0.15, 0.2) is 30.3 Å². The molecule has 2 unspecified atom stereocenters. The van der Waals surface area contributed by atoms with Crippen molar-refractivity contribution in [1.82, 2.24) is 4.90 Å². The van der Waals surface area contributed by atoms with Gasteiger partial charge < -0.3 is 10.6 Å². The Labute approximate surface area is 116 Å². The maximum Gasteiger partial charge on any atom is 0.227 e. The summed E-state index contributed by atoms with van der Waals surface area (Å²) in [4.78, 5) is 14.5. The molecule has 3 heteroatoms. The van der Waals surface area contributed by atoms with E-state index in [2.05, 4.69) is 26.0 Å². The third kappa shape index (κ3) is 4.35. The van der Waals surface area contributed by atoms with Crippen LogP contribution in [0.1, 0.15) is 39.2 Å². The Balaban J connectivity index is 2.86. The predicted octanol–water partition coefficient (Wildman–Crippen LogP) is 2.80. The standard InChI is InChI=1S/C16H26N2O/c1-4-13(3)18(16(19)15(5-2)11-17)12-14-9-7-6-8-10-14/h6-10,13,15H,4-5,11-12,17H2,1-3H3. The van der Waals surface area contributed by atoms with Gasteiger partial charge in [0.15, 0.2) is 0 Å². The van der Waals surface area contributed by atoms with Crippen molar-refractivity contribution in [3.05, 3.63) is 35.9 Å². The first-order chi connectivity index (χ1) is 9.13. The van der Waals surface area contributed by atoms with E-state index in [9.17, 15) is 4.79 Å². The van der Waals surface area contributed by atoms with Crippen LogP contribution in [0.5, 0.6) is 0 Å². The largest absolute Gasteiger partial charge is 0.335 e. The minimum atomic E-state index is -0.0577. The maximum atomic E-state index is 12.6. The molecule has 2 atom stereocenters. The van der Waals surface area contributed by atoms with Crippen LogP contribution in [-0.4, -0.2) is 23.4 Å². The highest BCUT2D eigenvalue weighted by Crippen LogP contribution is 2.16. The van der Waals surface area contributed by atoms with Gasteiger partial charge in [0.1, 0.15) is 0 Å². The second kappa shape index (κ2) is 7.95. The van der Waals surface area contributed by atoms with Crippen molar-refractivity contribution in [2.45, 2.75) is 46.2 Å². The summed E-state index contributed by atoms with van der Waals surface area (Å²) < 4.78 is 0. The monoisotopic (exact) mass is 262 g/mol. The van der Waals surface area contributed by atoms with Gasteiger partial charge in [-0.25, -0.2) is 0 Å². The number of nitrogens with two attached hydrogens (primary N) is 1. The molecule has 1 aromatic rings. The highest BCUT2D eigenvalue weighted by atomic mass is 16.2. The number of rotatable bonds is 7. The lowest BCUT2D eigenvalue weighted by Gasteiger charge is -2.31. The topological polar surface area (TPSA) is 46.3 Å². The molecule has 1 rings (SSSR count). The zero-order valence-electron chi connectivity index (χ0n) is 12.3. The van der Waals surface area contributed by atoms with Crippen molar-refractivity contribution in [3.63, 3.8) is 0 Å². The lowest BCUT2D eigenvalue weighted by atomic mass is 10.0. The Morgan fingerprint density at radius 2 is 1.84 bits per heavy atom. The van der Waals surface area contributed by atoms with Crippen LogP contribution in [0.25, 0.3) is 0 Å². The molecule has 106 valence electrons. The van der Waals surface area contributed by atoms with Crippen molar-refractivity contribution in [2.75, 3.05) is 6.54 Å². The van der Waals surface area contributed by atoms with Gasteiger partial charge in [-0.1, -0.05) is 44.2 Å². The fraction of sp³-hybridized carbons (Fsp3) is 0.562. The average molecular weight is 262 g/mol. The van der Waals surface area contributed by atoms with E-state index in [1.165, 1.54) is 5.56 Å². The van der Waals surface area contributed by atoms with Gasteiger partial charge in [-0.3, -0.25) is 4.79 Å². The van der Waals surface area contributed by atoms with Crippen molar-refractivity contribution >= 4 is 5.91 Å². The summed E-state index contributed by atoms with van der Waals surface area (Å²) in [6.07, 6.45) is 1.76. The number of amides is 1. The van der Waals surface area contributed by atoms with Crippen LogP contribution in [0.4, 0.5) is 0 Å². The summed E-state index contributed by atoms with van der Waals surface area (Å²) in [6, 6.07) is 10.4. The SMILES string of the molecule is CCC(CN)C(=O)N(Cc1ccccc1)C(C)CC. The third-order valence-electron chi connectivity index (χ3n) is 3.73. The van der Waals surface area contributed by atoms with Crippen LogP contribution >= 0.6 is 0 Å². The van der Waals surface area contributed by atoms with Crippen LogP contribution < -0.4 is 5.73 Å². The molecule has 0 aliphatic heterocycles. The van der Waals surface area contributed by atoms with Crippen molar-refractivity contribution in [1.29, 1.82) is 0 Å². The predicted molar refractivity (Wildman–Crippen MR) is 79.6 cm³/mol. The second-order valence-electron chi connectivity index (χ2n) is 5.05. The molecule has 0 fully saturated rings. The molecular formula is C16H26N2O. The Bertz CT molecular complexity index is 374. The van der Waals surface area contributed by atoms with Crippen molar-refractivity contribution in [2.24, 2.45) is 11.7 Å². The Morgan fingerprint density at radius 1 is 1.21 bits per heavy atom. The molecular weight excluding hydrogens is 236 g/mol. The van der Waals surface area contributed by atoms with Gasteiger partial charge in [0, 0.05) is 19.1 Å². The molecule has 0 spiro atoms. The molecule has 2 N–H and O–H groups in total. The van der Waals surface area contributed by atoms with Gasteiger partial charge in [0.05, 0.1) is 5.92 Å². The van der Waals surface area contributed by atoms with Gasteiger partial charge >= 0.3 is 0 Å². The summed E-state index contributed by atoms with van der Waals surface area (Å²) in [5, 5.41) is 0. The quantitative estimate of drug-likeness (QED) is 0.821. The first-order valence-corrected chi connectivity index (χ1v) is 7.18. The molecule has 0 bridgehead atoms. The van der Waals surface area contributed by atoms with E-state index in [1.807, 2.05) is 30.0 Å².